The van der Waals surface area contributed by atoms with Crippen LogP contribution in [0.5, 0.6) is 5.75 Å². The summed E-state index contributed by atoms with van der Waals surface area (Å²) in [6, 6.07) is 13.0. The highest BCUT2D eigenvalue weighted by Gasteiger charge is 2.07. The zero-order valence-electron chi connectivity index (χ0n) is 11.7. The lowest BCUT2D eigenvalue weighted by molar-refractivity contribution is 0.469. The van der Waals surface area contributed by atoms with Gasteiger partial charge in [0.2, 0.25) is 0 Å². The lowest BCUT2D eigenvalue weighted by atomic mass is 10.1. The molecule has 0 saturated heterocycles. The Hall–Kier alpha value is -2.82. The topological polar surface area (TPSA) is 84.1 Å². The lowest BCUT2D eigenvalue weighted by Gasteiger charge is -2.10. The molecular formula is C16H16N4O. The van der Waals surface area contributed by atoms with Gasteiger partial charge in [0.1, 0.15) is 5.75 Å². The van der Waals surface area contributed by atoms with Gasteiger partial charge in [0.05, 0.1) is 5.69 Å². The van der Waals surface area contributed by atoms with Gasteiger partial charge in [0.25, 0.3) is 0 Å². The number of fused-ring (bicyclic) bond motifs is 1. The molecule has 4 N–H and O–H groups in total. The fraction of sp³-hybridized carbons (Fsp3) is 0.125. The van der Waals surface area contributed by atoms with Crippen molar-refractivity contribution in [3.05, 3.63) is 53.7 Å². The maximum Gasteiger partial charge on any atom is 0.156 e. The lowest BCUT2D eigenvalue weighted by Crippen LogP contribution is -2.04. The SMILES string of the molecule is Cc1nnc(NCc2cc(N)ccc2O)c2ccccc12. The maximum absolute atomic E-state index is 9.84. The summed E-state index contributed by atoms with van der Waals surface area (Å²) in [7, 11) is 0. The summed E-state index contributed by atoms with van der Waals surface area (Å²) in [6.07, 6.45) is 0. The van der Waals surface area contributed by atoms with Crippen LogP contribution in [0.15, 0.2) is 42.5 Å². The number of hydrogen-bond donors (Lipinski definition) is 3. The molecule has 3 rings (SSSR count). The van der Waals surface area contributed by atoms with Gasteiger partial charge in [0, 0.05) is 28.6 Å². The van der Waals surface area contributed by atoms with Crippen molar-refractivity contribution in [1.82, 2.24) is 10.2 Å². The van der Waals surface area contributed by atoms with Gasteiger partial charge < -0.3 is 16.2 Å². The Morgan fingerprint density at radius 3 is 2.67 bits per heavy atom. The molecule has 0 spiro atoms. The number of nitrogens with one attached hydrogen (secondary N) is 1. The largest absolute Gasteiger partial charge is 0.508 e. The van der Waals surface area contributed by atoms with Crippen molar-refractivity contribution in [3.8, 4) is 5.75 Å². The average molecular weight is 280 g/mol. The third-order valence-electron chi connectivity index (χ3n) is 3.42. The Balaban J connectivity index is 1.92. The van der Waals surface area contributed by atoms with Crippen LogP contribution in [0.3, 0.4) is 0 Å². The molecule has 21 heavy (non-hydrogen) atoms. The summed E-state index contributed by atoms with van der Waals surface area (Å²) in [6.45, 7) is 2.36. The van der Waals surface area contributed by atoms with Crippen LogP contribution in [0, 0.1) is 6.92 Å². The van der Waals surface area contributed by atoms with Crippen LogP contribution < -0.4 is 11.1 Å². The van der Waals surface area contributed by atoms with Gasteiger partial charge in [-0.25, -0.2) is 0 Å². The highest BCUT2D eigenvalue weighted by Crippen LogP contribution is 2.25. The molecule has 106 valence electrons. The predicted octanol–water partition coefficient (Wildman–Crippen LogP) is 2.84. The van der Waals surface area contributed by atoms with Crippen LogP contribution in [-0.4, -0.2) is 15.3 Å². The van der Waals surface area contributed by atoms with Crippen LogP contribution in [0.25, 0.3) is 10.8 Å². The smallest absolute Gasteiger partial charge is 0.156 e. The maximum atomic E-state index is 9.84. The Morgan fingerprint density at radius 2 is 1.86 bits per heavy atom. The van der Waals surface area contributed by atoms with E-state index in [1.54, 1.807) is 18.2 Å². The molecule has 2 aromatic carbocycles. The zero-order chi connectivity index (χ0) is 14.8. The Kier molecular flexibility index (Phi) is 3.31. The van der Waals surface area contributed by atoms with E-state index in [9.17, 15) is 5.11 Å². The Labute approximate surface area is 122 Å². The van der Waals surface area contributed by atoms with Crippen LogP contribution >= 0.6 is 0 Å². The van der Waals surface area contributed by atoms with Crippen molar-refractivity contribution >= 4 is 22.3 Å². The van der Waals surface area contributed by atoms with Crippen molar-refractivity contribution in [2.24, 2.45) is 0 Å². The van der Waals surface area contributed by atoms with Crippen LogP contribution in [0.2, 0.25) is 0 Å². The Bertz CT molecular complexity index is 801. The van der Waals surface area contributed by atoms with E-state index < -0.39 is 0 Å². The second-order valence-corrected chi connectivity index (χ2v) is 4.92. The molecule has 0 bridgehead atoms. The van der Waals surface area contributed by atoms with E-state index in [1.165, 1.54) is 0 Å². The fourth-order valence-corrected chi connectivity index (χ4v) is 2.29. The fourth-order valence-electron chi connectivity index (χ4n) is 2.29. The summed E-state index contributed by atoms with van der Waals surface area (Å²) < 4.78 is 0. The third kappa shape index (κ3) is 2.58. The predicted molar refractivity (Wildman–Crippen MR) is 84.1 cm³/mol. The molecule has 0 fully saturated rings. The first-order valence-electron chi connectivity index (χ1n) is 6.68. The van der Waals surface area contributed by atoms with Crippen molar-refractivity contribution in [3.63, 3.8) is 0 Å². The highest BCUT2D eigenvalue weighted by molar-refractivity contribution is 5.92. The van der Waals surface area contributed by atoms with E-state index in [0.29, 0.717) is 18.1 Å². The molecule has 0 aliphatic heterocycles. The standard InChI is InChI=1S/C16H16N4O/c1-10-13-4-2-3-5-14(13)16(20-19-10)18-9-11-8-12(17)6-7-15(11)21/h2-8,21H,9,17H2,1H3,(H,18,20). The molecule has 0 amide bonds. The minimum absolute atomic E-state index is 0.209. The van der Waals surface area contributed by atoms with E-state index >= 15 is 0 Å². The Morgan fingerprint density at radius 1 is 1.10 bits per heavy atom. The van der Waals surface area contributed by atoms with Crippen molar-refractivity contribution in [1.29, 1.82) is 0 Å². The summed E-state index contributed by atoms with van der Waals surface area (Å²) in [4.78, 5) is 0. The number of nitrogen functional groups attached to an aromatic ring is 1. The molecule has 0 unspecified atom stereocenters. The van der Waals surface area contributed by atoms with Crippen molar-refractivity contribution in [2.45, 2.75) is 13.5 Å². The van der Waals surface area contributed by atoms with Gasteiger partial charge in [0.15, 0.2) is 5.82 Å². The number of benzene rings is 2. The van der Waals surface area contributed by atoms with E-state index in [0.717, 1.165) is 22.0 Å². The third-order valence-corrected chi connectivity index (χ3v) is 3.42. The molecule has 5 nitrogen and oxygen atoms in total. The minimum atomic E-state index is 0.209. The molecule has 0 aliphatic rings. The number of aryl methyl sites for hydroxylation is 1. The first-order valence-corrected chi connectivity index (χ1v) is 6.68. The van der Waals surface area contributed by atoms with Crippen LogP contribution in [0.1, 0.15) is 11.3 Å². The molecule has 1 heterocycles. The number of phenolic OH excluding ortho intramolecular Hbond substituents is 1. The molecule has 3 aromatic rings. The molecule has 0 aliphatic carbocycles. The number of hydrogen-bond acceptors (Lipinski definition) is 5. The number of anilines is 2. The van der Waals surface area contributed by atoms with Gasteiger partial charge >= 0.3 is 0 Å². The molecule has 0 atom stereocenters. The summed E-state index contributed by atoms with van der Waals surface area (Å²) in [5.41, 5.74) is 7.97. The second kappa shape index (κ2) is 5.28. The second-order valence-electron chi connectivity index (χ2n) is 4.92. The number of rotatable bonds is 3. The van der Waals surface area contributed by atoms with Gasteiger partial charge in [-0.2, -0.15) is 5.10 Å². The molecule has 1 aromatic heterocycles. The number of phenols is 1. The number of aromatic hydroxyl groups is 1. The van der Waals surface area contributed by atoms with Crippen LogP contribution in [-0.2, 0) is 6.54 Å². The van der Waals surface area contributed by atoms with E-state index in [1.807, 2.05) is 31.2 Å². The van der Waals surface area contributed by atoms with E-state index in [4.69, 9.17) is 5.73 Å². The number of aromatic nitrogens is 2. The first kappa shape index (κ1) is 13.2. The van der Waals surface area contributed by atoms with E-state index in [-0.39, 0.29) is 5.75 Å². The summed E-state index contributed by atoms with van der Waals surface area (Å²) in [5.74, 6) is 0.902. The average Bonchev–Trinajstić information content (AvgIpc) is 2.50. The van der Waals surface area contributed by atoms with Gasteiger partial charge in [-0.15, -0.1) is 5.10 Å². The van der Waals surface area contributed by atoms with Crippen LogP contribution in [0.4, 0.5) is 11.5 Å². The van der Waals surface area contributed by atoms with Crippen molar-refractivity contribution < 1.29 is 5.11 Å². The van der Waals surface area contributed by atoms with Gasteiger partial charge in [-0.3, -0.25) is 0 Å². The molecule has 5 heteroatoms. The highest BCUT2D eigenvalue weighted by atomic mass is 16.3. The monoisotopic (exact) mass is 280 g/mol. The zero-order valence-corrected chi connectivity index (χ0v) is 11.7. The first-order chi connectivity index (χ1) is 10.1. The molecular weight excluding hydrogens is 264 g/mol. The minimum Gasteiger partial charge on any atom is -0.508 e. The van der Waals surface area contributed by atoms with E-state index in [2.05, 4.69) is 15.5 Å². The summed E-state index contributed by atoms with van der Waals surface area (Å²) >= 11 is 0. The summed E-state index contributed by atoms with van der Waals surface area (Å²) in [5, 5.41) is 23.5. The number of nitrogens with zero attached hydrogens (tertiary/aromatic N) is 2. The normalized spacial score (nSPS) is 10.7. The number of nitrogens with two attached hydrogens (primary N) is 1. The molecule has 0 radical (unpaired) electrons. The van der Waals surface area contributed by atoms with Crippen molar-refractivity contribution in [2.75, 3.05) is 11.1 Å². The quantitative estimate of drug-likeness (QED) is 0.507. The molecule has 0 saturated carbocycles. The van der Waals surface area contributed by atoms with Gasteiger partial charge in [-0.05, 0) is 25.1 Å². The van der Waals surface area contributed by atoms with Gasteiger partial charge in [-0.1, -0.05) is 24.3 Å².